The van der Waals surface area contributed by atoms with Crippen molar-refractivity contribution in [2.75, 3.05) is 0 Å². The van der Waals surface area contributed by atoms with Crippen LogP contribution < -0.4 is 11.0 Å². The lowest BCUT2D eigenvalue weighted by molar-refractivity contribution is 1.16. The molecule has 0 saturated heterocycles. The van der Waals surface area contributed by atoms with Crippen LogP contribution in [0.15, 0.2) is 126 Å². The highest BCUT2D eigenvalue weighted by Gasteiger charge is 2.07. The standard InChI is InChI=1S/C30H24BN3/c31-27-17-15-23(16-18-27)22-11-13-25(14-12-22)29(32)34-30-28(24-9-5-2-6-10-24)19-26(20-33-30)21-7-3-1-4-8-21/h1-20H,31H2,(H2,32,33,34). The van der Waals surface area contributed by atoms with E-state index < -0.39 is 0 Å². The number of hydrogen-bond acceptors (Lipinski definition) is 1. The maximum absolute atomic E-state index is 8.66. The SMILES string of the molecule is Bc1ccc(-c2ccc(C(=N)/N=c3\[nH]cc(-c4ccccc4)cc3-c3ccccc3)cc2)cc1. The maximum atomic E-state index is 8.66. The minimum atomic E-state index is 0.219. The lowest BCUT2D eigenvalue weighted by atomic mass is 9.93. The van der Waals surface area contributed by atoms with Crippen molar-refractivity contribution in [3.63, 3.8) is 0 Å². The Kier molecular flexibility index (Phi) is 6.04. The molecule has 1 heterocycles. The average Bonchev–Trinajstić information content (AvgIpc) is 2.90. The number of nitrogens with one attached hydrogen (secondary N) is 2. The molecule has 162 valence electrons. The Morgan fingerprint density at radius 3 is 1.76 bits per heavy atom. The van der Waals surface area contributed by atoms with Gasteiger partial charge in [-0.05, 0) is 33.9 Å². The third-order valence-corrected chi connectivity index (χ3v) is 5.88. The summed E-state index contributed by atoms with van der Waals surface area (Å²) >= 11 is 0. The van der Waals surface area contributed by atoms with Gasteiger partial charge in [0.25, 0.3) is 0 Å². The first-order valence-electron chi connectivity index (χ1n) is 11.3. The molecule has 1 aromatic heterocycles. The lowest BCUT2D eigenvalue weighted by Crippen LogP contribution is -2.14. The Balaban J connectivity index is 1.52. The van der Waals surface area contributed by atoms with Crippen molar-refractivity contribution in [3.8, 4) is 33.4 Å². The van der Waals surface area contributed by atoms with E-state index >= 15 is 0 Å². The average molecular weight is 437 g/mol. The van der Waals surface area contributed by atoms with Gasteiger partial charge in [0, 0.05) is 17.3 Å². The van der Waals surface area contributed by atoms with Gasteiger partial charge < -0.3 is 4.98 Å². The summed E-state index contributed by atoms with van der Waals surface area (Å²) in [6, 6.07) is 39.0. The van der Waals surface area contributed by atoms with Gasteiger partial charge in [0.15, 0.2) is 5.84 Å². The molecule has 0 unspecified atom stereocenters. The number of aromatic amines is 1. The molecule has 0 saturated carbocycles. The van der Waals surface area contributed by atoms with Gasteiger partial charge in [-0.15, -0.1) is 0 Å². The second-order valence-corrected chi connectivity index (χ2v) is 8.29. The molecular formula is C30H24BN3. The molecule has 0 bridgehead atoms. The Morgan fingerprint density at radius 1 is 0.618 bits per heavy atom. The minimum absolute atomic E-state index is 0.219. The highest BCUT2D eigenvalue weighted by molar-refractivity contribution is 6.32. The van der Waals surface area contributed by atoms with E-state index in [1.165, 1.54) is 5.46 Å². The Hall–Kier alpha value is -4.44. The van der Waals surface area contributed by atoms with Gasteiger partial charge in [0.2, 0.25) is 0 Å². The van der Waals surface area contributed by atoms with Gasteiger partial charge in [-0.1, -0.05) is 115 Å². The van der Waals surface area contributed by atoms with E-state index in [1.54, 1.807) is 0 Å². The third-order valence-electron chi connectivity index (χ3n) is 5.88. The van der Waals surface area contributed by atoms with Crippen molar-refractivity contribution in [2.24, 2.45) is 4.99 Å². The molecule has 0 radical (unpaired) electrons. The van der Waals surface area contributed by atoms with Crippen LogP contribution in [0.2, 0.25) is 0 Å². The van der Waals surface area contributed by atoms with Crippen LogP contribution in [-0.2, 0) is 0 Å². The molecule has 0 spiro atoms. The molecular weight excluding hydrogens is 413 g/mol. The first kappa shape index (κ1) is 21.4. The molecule has 0 atom stereocenters. The molecule has 4 aromatic carbocycles. The maximum Gasteiger partial charge on any atom is 0.154 e. The number of H-pyrrole nitrogens is 1. The largest absolute Gasteiger partial charge is 0.345 e. The molecule has 0 amide bonds. The van der Waals surface area contributed by atoms with Crippen molar-refractivity contribution < 1.29 is 0 Å². The van der Waals surface area contributed by atoms with Crippen molar-refractivity contribution in [3.05, 3.63) is 133 Å². The summed E-state index contributed by atoms with van der Waals surface area (Å²) in [5.41, 5.74) is 9.19. The van der Waals surface area contributed by atoms with Gasteiger partial charge >= 0.3 is 0 Å². The molecule has 5 aromatic rings. The van der Waals surface area contributed by atoms with Crippen LogP contribution in [0.4, 0.5) is 0 Å². The Bertz CT molecular complexity index is 1490. The highest BCUT2D eigenvalue weighted by Crippen LogP contribution is 2.23. The summed E-state index contributed by atoms with van der Waals surface area (Å²) in [6.45, 7) is 0. The smallest absolute Gasteiger partial charge is 0.154 e. The lowest BCUT2D eigenvalue weighted by Gasteiger charge is -2.08. The summed E-state index contributed by atoms with van der Waals surface area (Å²) in [5.74, 6) is 0.219. The third kappa shape index (κ3) is 4.67. The monoisotopic (exact) mass is 437 g/mol. The summed E-state index contributed by atoms with van der Waals surface area (Å²) in [6.07, 6.45) is 1.95. The van der Waals surface area contributed by atoms with E-state index in [4.69, 9.17) is 5.41 Å². The molecule has 34 heavy (non-hydrogen) atoms. The fraction of sp³-hybridized carbons (Fsp3) is 0. The molecule has 5 rings (SSSR count). The fourth-order valence-electron chi connectivity index (χ4n) is 3.96. The summed E-state index contributed by atoms with van der Waals surface area (Å²) in [4.78, 5) is 8.02. The molecule has 0 aliphatic carbocycles. The quantitative estimate of drug-likeness (QED) is 0.221. The first-order chi connectivity index (χ1) is 16.7. The summed E-state index contributed by atoms with van der Waals surface area (Å²) in [7, 11) is 2.09. The highest BCUT2D eigenvalue weighted by atomic mass is 14.9. The minimum Gasteiger partial charge on any atom is -0.345 e. The van der Waals surface area contributed by atoms with Crippen LogP contribution in [-0.4, -0.2) is 18.7 Å². The van der Waals surface area contributed by atoms with E-state index in [1.807, 2.05) is 66.9 Å². The van der Waals surface area contributed by atoms with Crippen molar-refractivity contribution >= 4 is 19.1 Å². The van der Waals surface area contributed by atoms with E-state index in [2.05, 4.69) is 72.4 Å². The number of amidine groups is 1. The van der Waals surface area contributed by atoms with Crippen LogP contribution in [0.25, 0.3) is 33.4 Å². The molecule has 0 aliphatic heterocycles. The van der Waals surface area contributed by atoms with Crippen LogP contribution in [0.1, 0.15) is 5.56 Å². The second-order valence-electron chi connectivity index (χ2n) is 8.29. The topological polar surface area (TPSA) is 52.0 Å². The van der Waals surface area contributed by atoms with Crippen molar-refractivity contribution in [1.29, 1.82) is 5.41 Å². The van der Waals surface area contributed by atoms with Gasteiger partial charge in [-0.2, -0.15) is 0 Å². The van der Waals surface area contributed by atoms with Crippen LogP contribution in [0.5, 0.6) is 0 Å². The number of aromatic nitrogens is 1. The predicted octanol–water partition coefficient (Wildman–Crippen LogP) is 5.20. The van der Waals surface area contributed by atoms with E-state index in [9.17, 15) is 0 Å². The van der Waals surface area contributed by atoms with E-state index in [0.717, 1.165) is 38.9 Å². The van der Waals surface area contributed by atoms with Crippen LogP contribution in [0, 0.1) is 5.41 Å². The van der Waals surface area contributed by atoms with Crippen molar-refractivity contribution in [1.82, 2.24) is 4.98 Å². The summed E-state index contributed by atoms with van der Waals surface area (Å²) < 4.78 is 0. The molecule has 4 heteroatoms. The van der Waals surface area contributed by atoms with Crippen LogP contribution >= 0.6 is 0 Å². The Morgan fingerprint density at radius 2 is 1.15 bits per heavy atom. The molecule has 2 N–H and O–H groups in total. The van der Waals surface area contributed by atoms with Gasteiger partial charge in [0.1, 0.15) is 13.3 Å². The first-order valence-corrected chi connectivity index (χ1v) is 11.3. The van der Waals surface area contributed by atoms with E-state index in [0.29, 0.717) is 5.49 Å². The van der Waals surface area contributed by atoms with E-state index in [-0.39, 0.29) is 5.84 Å². The number of pyridine rings is 1. The zero-order valence-corrected chi connectivity index (χ0v) is 19.0. The van der Waals surface area contributed by atoms with Crippen molar-refractivity contribution in [2.45, 2.75) is 0 Å². The number of hydrogen-bond donors (Lipinski definition) is 2. The zero-order valence-electron chi connectivity index (χ0n) is 19.0. The predicted molar refractivity (Wildman–Crippen MR) is 144 cm³/mol. The van der Waals surface area contributed by atoms with Gasteiger partial charge in [-0.25, -0.2) is 4.99 Å². The van der Waals surface area contributed by atoms with Gasteiger partial charge in [-0.3, -0.25) is 5.41 Å². The Labute approximate surface area is 200 Å². The van der Waals surface area contributed by atoms with Crippen LogP contribution in [0.3, 0.4) is 0 Å². The molecule has 3 nitrogen and oxygen atoms in total. The number of nitrogens with zero attached hydrogens (tertiary/aromatic N) is 1. The zero-order chi connectivity index (χ0) is 23.3. The summed E-state index contributed by atoms with van der Waals surface area (Å²) in [5, 5.41) is 8.66. The number of rotatable bonds is 4. The second kappa shape index (κ2) is 9.59. The normalized spacial score (nSPS) is 11.4. The number of benzene rings is 4. The van der Waals surface area contributed by atoms with Gasteiger partial charge in [0.05, 0.1) is 0 Å². The fourth-order valence-corrected chi connectivity index (χ4v) is 3.96. The molecule has 0 aliphatic rings. The molecule has 0 fully saturated rings.